The zero-order valence-electron chi connectivity index (χ0n) is 19.9. The topological polar surface area (TPSA) is 99.1 Å². The van der Waals surface area contributed by atoms with E-state index in [4.69, 9.17) is 21.4 Å². The van der Waals surface area contributed by atoms with Crippen LogP contribution in [0.4, 0.5) is 0 Å². The predicted octanol–water partition coefficient (Wildman–Crippen LogP) is 3.86. The van der Waals surface area contributed by atoms with Gasteiger partial charge >= 0.3 is 0 Å². The Morgan fingerprint density at radius 1 is 1.22 bits per heavy atom. The Hall–Kier alpha value is -2.40. The molecule has 0 radical (unpaired) electrons. The highest BCUT2D eigenvalue weighted by molar-refractivity contribution is 14.1. The second-order valence-electron chi connectivity index (χ2n) is 8.35. The van der Waals surface area contributed by atoms with Gasteiger partial charge in [0.05, 0.1) is 16.2 Å². The molecule has 9 heteroatoms. The van der Waals surface area contributed by atoms with Crippen molar-refractivity contribution in [3.05, 3.63) is 86.5 Å². The smallest absolute Gasteiger partial charge is 0.247 e. The summed E-state index contributed by atoms with van der Waals surface area (Å²) in [5, 5.41) is 23.8. The van der Waals surface area contributed by atoms with Crippen molar-refractivity contribution in [1.29, 1.82) is 0 Å². The molecule has 2 aromatic rings. The molecule has 0 saturated heterocycles. The predicted molar refractivity (Wildman–Crippen MR) is 148 cm³/mol. The molecule has 3 N–H and O–H groups in total. The fraction of sp³-hybridized carbons (Fsp3) is 0.333. The third-order valence-electron chi connectivity index (χ3n) is 5.76. The van der Waals surface area contributed by atoms with Gasteiger partial charge < -0.3 is 25.2 Å². The second-order valence-corrected chi connectivity index (χ2v) is 9.95. The first-order chi connectivity index (χ1) is 17.3. The minimum absolute atomic E-state index is 0.0954. The Morgan fingerprint density at radius 3 is 2.61 bits per heavy atom. The molecular formula is C27H30ClIN2O5. The lowest BCUT2D eigenvalue weighted by atomic mass is 9.87. The summed E-state index contributed by atoms with van der Waals surface area (Å²) < 4.78 is 7.00. The summed E-state index contributed by atoms with van der Waals surface area (Å²) in [6.45, 7) is 2.04. The van der Waals surface area contributed by atoms with Crippen LogP contribution < -0.4 is 10.1 Å². The summed E-state index contributed by atoms with van der Waals surface area (Å²) in [4.78, 5) is 27.7. The number of nitrogens with one attached hydrogen (secondary N) is 1. The molecule has 0 aromatic heterocycles. The minimum atomic E-state index is -1.10. The van der Waals surface area contributed by atoms with E-state index in [2.05, 4.69) is 27.9 Å². The van der Waals surface area contributed by atoms with E-state index in [1.807, 2.05) is 37.3 Å². The number of carbonyl (C=O) groups is 2. The highest BCUT2D eigenvalue weighted by Gasteiger charge is 2.40. The Bertz CT molecular complexity index is 1110. The van der Waals surface area contributed by atoms with Crippen LogP contribution >= 0.6 is 34.2 Å². The van der Waals surface area contributed by atoms with Gasteiger partial charge in [-0.05, 0) is 71.0 Å². The minimum Gasteiger partial charge on any atom is -0.482 e. The molecule has 0 aliphatic heterocycles. The summed E-state index contributed by atoms with van der Waals surface area (Å²) in [5.41, 5.74) is 1.21. The number of hydrogen-bond acceptors (Lipinski definition) is 5. The van der Waals surface area contributed by atoms with Crippen molar-refractivity contribution in [3.8, 4) is 5.75 Å². The third-order valence-corrected chi connectivity index (χ3v) is 6.90. The highest BCUT2D eigenvalue weighted by Crippen LogP contribution is 2.30. The van der Waals surface area contributed by atoms with E-state index < -0.39 is 18.2 Å². The summed E-state index contributed by atoms with van der Waals surface area (Å²) in [6.07, 6.45) is 3.69. The lowest BCUT2D eigenvalue weighted by Gasteiger charge is -2.40. The lowest BCUT2D eigenvalue weighted by Crippen LogP contribution is -2.54. The molecule has 0 bridgehead atoms. The van der Waals surface area contributed by atoms with Crippen molar-refractivity contribution in [1.82, 2.24) is 10.2 Å². The van der Waals surface area contributed by atoms with Crippen molar-refractivity contribution in [2.24, 2.45) is 0 Å². The first kappa shape index (κ1) is 28.2. The zero-order chi connectivity index (χ0) is 26.1. The number of aliphatic hydroxyl groups is 2. The molecule has 36 heavy (non-hydrogen) atoms. The number of rotatable bonds is 10. The molecule has 0 fully saturated rings. The Morgan fingerprint density at radius 2 is 1.94 bits per heavy atom. The fourth-order valence-electron chi connectivity index (χ4n) is 3.93. The molecule has 2 amide bonds. The Kier molecular flexibility index (Phi) is 10.8. The maximum atomic E-state index is 13.3. The summed E-state index contributed by atoms with van der Waals surface area (Å²) in [6, 6.07) is 13.8. The average molecular weight is 625 g/mol. The zero-order valence-corrected chi connectivity index (χ0v) is 22.9. The largest absolute Gasteiger partial charge is 0.482 e. The summed E-state index contributed by atoms with van der Waals surface area (Å²) in [7, 11) is 0. The van der Waals surface area contributed by atoms with Gasteiger partial charge in [-0.2, -0.15) is 0 Å². The van der Waals surface area contributed by atoms with Gasteiger partial charge in [-0.3, -0.25) is 9.59 Å². The molecule has 0 saturated carbocycles. The lowest BCUT2D eigenvalue weighted by molar-refractivity contribution is -0.134. The van der Waals surface area contributed by atoms with E-state index in [-0.39, 0.29) is 37.9 Å². The number of allylic oxidation sites excluding steroid dienone is 1. The van der Waals surface area contributed by atoms with Crippen LogP contribution in [0.2, 0.25) is 5.02 Å². The van der Waals surface area contributed by atoms with Gasteiger partial charge in [0.25, 0.3) is 0 Å². The van der Waals surface area contributed by atoms with Crippen LogP contribution in [0, 0.1) is 3.57 Å². The SMILES string of the molecule is CCC=CC(=O)N(Cc1ccc(Cl)cc1)C1CC(C(=O)NCCO)=CC(Oc2ccccc2I)C1O. The molecule has 0 spiro atoms. The van der Waals surface area contributed by atoms with Gasteiger partial charge in [0.15, 0.2) is 0 Å². The van der Waals surface area contributed by atoms with Gasteiger partial charge in [-0.15, -0.1) is 0 Å². The molecule has 0 heterocycles. The van der Waals surface area contributed by atoms with Crippen LogP contribution in [0.25, 0.3) is 0 Å². The molecule has 3 atom stereocenters. The average Bonchev–Trinajstić information content (AvgIpc) is 2.88. The fourth-order valence-corrected chi connectivity index (χ4v) is 4.57. The molecule has 1 aliphatic rings. The monoisotopic (exact) mass is 624 g/mol. The van der Waals surface area contributed by atoms with Crippen molar-refractivity contribution in [2.75, 3.05) is 13.2 Å². The van der Waals surface area contributed by atoms with Crippen LogP contribution in [-0.4, -0.2) is 58.3 Å². The van der Waals surface area contributed by atoms with Crippen LogP contribution in [0.1, 0.15) is 25.3 Å². The molecule has 3 unspecified atom stereocenters. The molecular weight excluding hydrogens is 595 g/mol. The van der Waals surface area contributed by atoms with E-state index in [0.717, 1.165) is 9.13 Å². The molecule has 3 rings (SSSR count). The number of ether oxygens (including phenoxy) is 1. The number of hydrogen-bond donors (Lipinski definition) is 3. The normalized spacial score (nSPS) is 19.6. The third kappa shape index (κ3) is 7.55. The number of halogens is 2. The van der Waals surface area contributed by atoms with Gasteiger partial charge in [-0.25, -0.2) is 0 Å². The number of aliphatic hydroxyl groups excluding tert-OH is 2. The van der Waals surface area contributed by atoms with E-state index in [1.165, 1.54) is 6.08 Å². The van der Waals surface area contributed by atoms with Crippen molar-refractivity contribution < 1.29 is 24.5 Å². The van der Waals surface area contributed by atoms with E-state index in [1.54, 1.807) is 35.3 Å². The standard InChI is InChI=1S/C27H30ClIN2O5/c1-2-3-8-25(33)31(17-18-9-11-20(28)12-10-18)22-15-19(27(35)30-13-14-32)16-24(26(22)34)36-23-7-5-4-6-21(23)29/h3-12,16,22,24,26,32,34H,2,13-15,17H2,1H3,(H,30,35). The number of nitrogens with zero attached hydrogens (tertiary/aromatic N) is 1. The Balaban J connectivity index is 1.98. The van der Waals surface area contributed by atoms with Crippen molar-refractivity contribution in [2.45, 2.75) is 44.6 Å². The number of carbonyl (C=O) groups excluding carboxylic acids is 2. The summed E-state index contributed by atoms with van der Waals surface area (Å²) in [5.74, 6) is -0.0863. The van der Waals surface area contributed by atoms with Crippen LogP contribution in [0.5, 0.6) is 5.75 Å². The second kappa shape index (κ2) is 13.8. The van der Waals surface area contributed by atoms with Crippen LogP contribution in [0.15, 0.2) is 72.3 Å². The Labute approximate surface area is 229 Å². The van der Waals surface area contributed by atoms with Gasteiger partial charge in [0, 0.05) is 30.1 Å². The van der Waals surface area contributed by atoms with Gasteiger partial charge in [0.1, 0.15) is 18.0 Å². The molecule has 192 valence electrons. The first-order valence-corrected chi connectivity index (χ1v) is 13.2. The van der Waals surface area contributed by atoms with E-state index >= 15 is 0 Å². The highest BCUT2D eigenvalue weighted by atomic mass is 127. The van der Waals surface area contributed by atoms with Crippen molar-refractivity contribution in [3.63, 3.8) is 0 Å². The number of benzene rings is 2. The number of para-hydroxylation sites is 1. The quantitative estimate of drug-likeness (QED) is 0.276. The molecule has 7 nitrogen and oxygen atoms in total. The maximum Gasteiger partial charge on any atom is 0.247 e. The molecule has 1 aliphatic carbocycles. The van der Waals surface area contributed by atoms with E-state index in [0.29, 0.717) is 22.8 Å². The van der Waals surface area contributed by atoms with Crippen molar-refractivity contribution >= 4 is 46.0 Å². The maximum absolute atomic E-state index is 13.3. The van der Waals surface area contributed by atoms with Crippen LogP contribution in [-0.2, 0) is 16.1 Å². The van der Waals surface area contributed by atoms with E-state index in [9.17, 15) is 14.7 Å². The summed E-state index contributed by atoms with van der Waals surface area (Å²) >= 11 is 8.18. The first-order valence-electron chi connectivity index (χ1n) is 11.7. The number of amides is 2. The van der Waals surface area contributed by atoms with Crippen LogP contribution in [0.3, 0.4) is 0 Å². The van der Waals surface area contributed by atoms with Gasteiger partial charge in [-0.1, -0.05) is 48.9 Å². The van der Waals surface area contributed by atoms with Gasteiger partial charge in [0.2, 0.25) is 11.8 Å². The molecule has 2 aromatic carbocycles.